The van der Waals surface area contributed by atoms with Gasteiger partial charge < -0.3 is 15.3 Å². The number of benzene rings is 1. The largest absolute Gasteiger partial charge is 0.386 e. The molecule has 0 saturated carbocycles. The lowest BCUT2D eigenvalue weighted by Crippen LogP contribution is -2.43. The van der Waals surface area contributed by atoms with Crippen LogP contribution < -0.4 is 5.32 Å². The van der Waals surface area contributed by atoms with E-state index in [1.165, 1.54) is 0 Å². The predicted molar refractivity (Wildman–Crippen MR) is 105 cm³/mol. The molecule has 0 bridgehead atoms. The molecule has 1 aromatic carbocycles. The number of aliphatic hydroxyl groups is 1. The van der Waals surface area contributed by atoms with E-state index in [9.17, 15) is 14.3 Å². The van der Waals surface area contributed by atoms with Crippen LogP contribution in [0, 0.1) is 0 Å². The number of pyridine rings is 1. The van der Waals surface area contributed by atoms with E-state index in [4.69, 9.17) is 23.2 Å². The standard InChI is InChI=1S/C19H22Cl2FN3O2/c1-25(2)11-15-8-7-14(10-23-15)12-3-5-13(6-4-12)17(26)16(9-22)24-19(27)18(20)21/h3-8,10,16-18,26H,9,11H2,1-2H3,(H,24,27). The Labute approximate surface area is 168 Å². The number of carbonyl (C=O) groups is 1. The van der Waals surface area contributed by atoms with Crippen LogP contribution in [-0.4, -0.2) is 52.5 Å². The molecule has 1 heterocycles. The lowest BCUT2D eigenvalue weighted by atomic mass is 9.99. The molecule has 0 saturated heterocycles. The van der Waals surface area contributed by atoms with Crippen LogP contribution in [0.15, 0.2) is 42.6 Å². The van der Waals surface area contributed by atoms with Crippen molar-refractivity contribution in [2.75, 3.05) is 20.8 Å². The molecule has 0 fully saturated rings. The normalized spacial score (nSPS) is 13.6. The number of hydrogen-bond acceptors (Lipinski definition) is 4. The Bertz CT molecular complexity index is 740. The molecule has 146 valence electrons. The van der Waals surface area contributed by atoms with Crippen molar-refractivity contribution in [3.8, 4) is 11.1 Å². The van der Waals surface area contributed by atoms with E-state index < -0.39 is 29.6 Å². The predicted octanol–water partition coefficient (Wildman–Crippen LogP) is 3.10. The van der Waals surface area contributed by atoms with Crippen LogP contribution in [0.4, 0.5) is 4.39 Å². The quantitative estimate of drug-likeness (QED) is 0.652. The first-order chi connectivity index (χ1) is 12.8. The zero-order valence-corrected chi connectivity index (χ0v) is 16.6. The van der Waals surface area contributed by atoms with Crippen molar-refractivity contribution in [3.63, 3.8) is 0 Å². The molecule has 1 aromatic heterocycles. The first-order valence-electron chi connectivity index (χ1n) is 8.34. The van der Waals surface area contributed by atoms with Crippen LogP contribution in [0.1, 0.15) is 17.4 Å². The molecule has 0 aliphatic heterocycles. The summed E-state index contributed by atoms with van der Waals surface area (Å²) in [6, 6.07) is 9.79. The first-order valence-corrected chi connectivity index (χ1v) is 9.21. The number of aliphatic hydroxyl groups excluding tert-OH is 1. The van der Waals surface area contributed by atoms with Gasteiger partial charge in [-0.05, 0) is 31.3 Å². The number of nitrogens with zero attached hydrogens (tertiary/aromatic N) is 2. The second kappa shape index (κ2) is 9.99. The van der Waals surface area contributed by atoms with E-state index in [2.05, 4.69) is 10.3 Å². The second-order valence-electron chi connectivity index (χ2n) is 6.41. The summed E-state index contributed by atoms with van der Waals surface area (Å²) in [5.41, 5.74) is 3.28. The average Bonchev–Trinajstić information content (AvgIpc) is 2.65. The van der Waals surface area contributed by atoms with Gasteiger partial charge in [0.25, 0.3) is 5.91 Å². The maximum absolute atomic E-state index is 13.2. The molecule has 2 aromatic rings. The van der Waals surface area contributed by atoms with Gasteiger partial charge in [-0.15, -0.1) is 0 Å². The monoisotopic (exact) mass is 413 g/mol. The van der Waals surface area contributed by atoms with Crippen LogP contribution in [0.2, 0.25) is 0 Å². The zero-order chi connectivity index (χ0) is 20.0. The summed E-state index contributed by atoms with van der Waals surface area (Å²) in [5, 5.41) is 12.6. The lowest BCUT2D eigenvalue weighted by Gasteiger charge is -2.22. The molecule has 0 spiro atoms. The number of amides is 1. The van der Waals surface area contributed by atoms with E-state index in [1.807, 2.05) is 43.3 Å². The number of aromatic nitrogens is 1. The van der Waals surface area contributed by atoms with Crippen LogP contribution in [0.5, 0.6) is 0 Å². The smallest absolute Gasteiger partial charge is 0.253 e. The van der Waals surface area contributed by atoms with Crippen molar-refractivity contribution >= 4 is 29.1 Å². The van der Waals surface area contributed by atoms with E-state index in [0.717, 1.165) is 23.4 Å². The SMILES string of the molecule is CN(C)Cc1ccc(-c2ccc(C(O)C(CF)NC(=O)C(Cl)Cl)cc2)cn1. The van der Waals surface area contributed by atoms with Gasteiger partial charge in [0.05, 0.1) is 11.7 Å². The summed E-state index contributed by atoms with van der Waals surface area (Å²) in [4.78, 5) is 16.7. The van der Waals surface area contributed by atoms with Gasteiger partial charge in [-0.1, -0.05) is 53.5 Å². The second-order valence-corrected chi connectivity index (χ2v) is 7.51. The number of nitrogens with one attached hydrogen (secondary N) is 1. The molecule has 1 amide bonds. The minimum absolute atomic E-state index is 0.472. The van der Waals surface area contributed by atoms with Gasteiger partial charge in [-0.3, -0.25) is 9.78 Å². The van der Waals surface area contributed by atoms with Crippen molar-refractivity contribution in [2.24, 2.45) is 0 Å². The zero-order valence-electron chi connectivity index (χ0n) is 15.1. The van der Waals surface area contributed by atoms with Gasteiger partial charge in [0, 0.05) is 18.3 Å². The van der Waals surface area contributed by atoms with Gasteiger partial charge in [0.2, 0.25) is 0 Å². The third kappa shape index (κ3) is 6.14. The molecular formula is C19H22Cl2FN3O2. The van der Waals surface area contributed by atoms with E-state index in [-0.39, 0.29) is 0 Å². The minimum Gasteiger partial charge on any atom is -0.386 e. The first kappa shape index (κ1) is 21.6. The topological polar surface area (TPSA) is 65.5 Å². The summed E-state index contributed by atoms with van der Waals surface area (Å²) in [5.74, 6) is -0.749. The fraction of sp³-hybridized carbons (Fsp3) is 0.368. The molecular weight excluding hydrogens is 392 g/mol. The molecule has 2 unspecified atom stereocenters. The number of carbonyl (C=O) groups excluding carboxylic acids is 1. The van der Waals surface area contributed by atoms with Gasteiger partial charge >= 0.3 is 0 Å². The van der Waals surface area contributed by atoms with E-state index in [1.54, 1.807) is 18.3 Å². The maximum Gasteiger partial charge on any atom is 0.253 e. The highest BCUT2D eigenvalue weighted by atomic mass is 35.5. The molecule has 2 rings (SSSR count). The molecule has 0 radical (unpaired) electrons. The number of halogens is 3. The lowest BCUT2D eigenvalue weighted by molar-refractivity contribution is -0.121. The Balaban J connectivity index is 2.10. The van der Waals surface area contributed by atoms with Gasteiger partial charge in [0.15, 0.2) is 4.84 Å². The highest BCUT2D eigenvalue weighted by Crippen LogP contribution is 2.24. The van der Waals surface area contributed by atoms with E-state index >= 15 is 0 Å². The summed E-state index contributed by atoms with van der Waals surface area (Å²) < 4.78 is 13.2. The molecule has 2 N–H and O–H groups in total. The van der Waals surface area contributed by atoms with Crippen LogP contribution in [0.25, 0.3) is 11.1 Å². The van der Waals surface area contributed by atoms with Crippen molar-refractivity contribution < 1.29 is 14.3 Å². The third-order valence-electron chi connectivity index (χ3n) is 3.96. The van der Waals surface area contributed by atoms with Gasteiger partial charge in [-0.25, -0.2) is 4.39 Å². The fourth-order valence-corrected chi connectivity index (χ4v) is 2.69. The van der Waals surface area contributed by atoms with Crippen molar-refractivity contribution in [1.29, 1.82) is 0 Å². The minimum atomic E-state index is -1.32. The summed E-state index contributed by atoms with van der Waals surface area (Å²) in [6.07, 6.45) is 0.566. The number of rotatable bonds is 8. The molecule has 8 heteroatoms. The van der Waals surface area contributed by atoms with Crippen LogP contribution in [-0.2, 0) is 11.3 Å². The fourth-order valence-electron chi connectivity index (χ4n) is 2.57. The van der Waals surface area contributed by atoms with Gasteiger partial charge in [0.1, 0.15) is 12.8 Å². The van der Waals surface area contributed by atoms with Gasteiger partial charge in [-0.2, -0.15) is 0 Å². The average molecular weight is 414 g/mol. The molecule has 2 atom stereocenters. The maximum atomic E-state index is 13.2. The van der Waals surface area contributed by atoms with Crippen molar-refractivity contribution in [2.45, 2.75) is 23.5 Å². The Morgan fingerprint density at radius 1 is 1.19 bits per heavy atom. The van der Waals surface area contributed by atoms with Crippen molar-refractivity contribution in [1.82, 2.24) is 15.2 Å². The number of hydrogen-bond donors (Lipinski definition) is 2. The summed E-state index contributed by atoms with van der Waals surface area (Å²) in [7, 11) is 3.96. The Morgan fingerprint density at radius 3 is 2.30 bits per heavy atom. The number of alkyl halides is 3. The molecule has 0 aliphatic carbocycles. The van der Waals surface area contributed by atoms with E-state index in [0.29, 0.717) is 5.56 Å². The third-order valence-corrected chi connectivity index (χ3v) is 4.36. The molecule has 27 heavy (non-hydrogen) atoms. The Hall–Kier alpha value is -1.73. The highest BCUT2D eigenvalue weighted by molar-refractivity contribution is 6.53. The molecule has 5 nitrogen and oxygen atoms in total. The van der Waals surface area contributed by atoms with Crippen molar-refractivity contribution in [3.05, 3.63) is 53.9 Å². The summed E-state index contributed by atoms with van der Waals surface area (Å²) in [6.45, 7) is -0.195. The highest BCUT2D eigenvalue weighted by Gasteiger charge is 2.25. The Morgan fingerprint density at radius 2 is 1.81 bits per heavy atom. The summed E-state index contributed by atoms with van der Waals surface area (Å²) >= 11 is 10.9. The van der Waals surface area contributed by atoms with Crippen LogP contribution >= 0.6 is 23.2 Å². The Kier molecular flexibility index (Phi) is 7.98. The van der Waals surface area contributed by atoms with Crippen LogP contribution in [0.3, 0.4) is 0 Å². The molecule has 0 aliphatic rings.